The standard InChI is InChI=1S/C15H25NO3/c1-15(2,3)19-14(18)16-9-5-8-12(10-16)13(17)11-6-4-7-11/h11-12H,4-10H2,1-3H3. The highest BCUT2D eigenvalue weighted by Gasteiger charge is 2.35. The lowest BCUT2D eigenvalue weighted by molar-refractivity contribution is -0.130. The van der Waals surface area contributed by atoms with Gasteiger partial charge in [-0.2, -0.15) is 0 Å². The zero-order valence-electron chi connectivity index (χ0n) is 12.3. The smallest absolute Gasteiger partial charge is 0.410 e. The quantitative estimate of drug-likeness (QED) is 0.772. The van der Waals surface area contributed by atoms with E-state index in [2.05, 4.69) is 0 Å². The number of likely N-dealkylation sites (tertiary alicyclic amines) is 1. The van der Waals surface area contributed by atoms with E-state index in [-0.39, 0.29) is 17.9 Å². The molecule has 0 radical (unpaired) electrons. The van der Waals surface area contributed by atoms with Crippen molar-refractivity contribution in [2.75, 3.05) is 13.1 Å². The summed E-state index contributed by atoms with van der Waals surface area (Å²) in [6.07, 6.45) is 4.82. The number of ketones is 1. The van der Waals surface area contributed by atoms with E-state index in [4.69, 9.17) is 4.74 Å². The van der Waals surface area contributed by atoms with Gasteiger partial charge < -0.3 is 9.64 Å². The van der Waals surface area contributed by atoms with Gasteiger partial charge in [0.1, 0.15) is 11.4 Å². The average Bonchev–Trinajstić information content (AvgIpc) is 2.24. The van der Waals surface area contributed by atoms with Gasteiger partial charge in [-0.05, 0) is 46.5 Å². The predicted molar refractivity (Wildman–Crippen MR) is 72.9 cm³/mol. The van der Waals surface area contributed by atoms with Crippen LogP contribution >= 0.6 is 0 Å². The van der Waals surface area contributed by atoms with Crippen LogP contribution in [0.2, 0.25) is 0 Å². The summed E-state index contributed by atoms with van der Waals surface area (Å²) in [6, 6.07) is 0. The molecule has 4 nitrogen and oxygen atoms in total. The molecule has 1 saturated carbocycles. The molecule has 108 valence electrons. The van der Waals surface area contributed by atoms with Crippen molar-refractivity contribution in [3.63, 3.8) is 0 Å². The molecule has 4 heteroatoms. The van der Waals surface area contributed by atoms with Gasteiger partial charge in [0.2, 0.25) is 0 Å². The van der Waals surface area contributed by atoms with Crippen LogP contribution in [0.15, 0.2) is 0 Å². The van der Waals surface area contributed by atoms with Crippen LogP contribution < -0.4 is 0 Å². The van der Waals surface area contributed by atoms with Crippen LogP contribution in [0.1, 0.15) is 52.9 Å². The van der Waals surface area contributed by atoms with Crippen molar-refractivity contribution in [2.24, 2.45) is 11.8 Å². The minimum absolute atomic E-state index is 0.0339. The summed E-state index contributed by atoms with van der Waals surface area (Å²) in [6.45, 7) is 6.86. The number of rotatable bonds is 2. The Hall–Kier alpha value is -1.06. The Morgan fingerprint density at radius 3 is 2.21 bits per heavy atom. The average molecular weight is 267 g/mol. The number of piperidine rings is 1. The minimum atomic E-state index is -0.470. The van der Waals surface area contributed by atoms with E-state index in [0.29, 0.717) is 18.9 Å². The Balaban J connectivity index is 1.89. The molecular weight excluding hydrogens is 242 g/mol. The maximum atomic E-state index is 12.3. The van der Waals surface area contributed by atoms with Crippen molar-refractivity contribution in [3.05, 3.63) is 0 Å². The highest BCUT2D eigenvalue weighted by atomic mass is 16.6. The normalized spacial score (nSPS) is 24.8. The molecule has 2 fully saturated rings. The SMILES string of the molecule is CC(C)(C)OC(=O)N1CCCC(C(=O)C2CCC2)C1. The highest BCUT2D eigenvalue weighted by Crippen LogP contribution is 2.32. The third kappa shape index (κ3) is 3.71. The zero-order valence-corrected chi connectivity index (χ0v) is 12.3. The molecule has 1 saturated heterocycles. The van der Waals surface area contributed by atoms with Gasteiger partial charge in [-0.1, -0.05) is 6.42 Å². The molecule has 1 aliphatic carbocycles. The first-order valence-electron chi connectivity index (χ1n) is 7.38. The Bertz CT molecular complexity index is 355. The van der Waals surface area contributed by atoms with E-state index in [0.717, 1.165) is 25.7 Å². The summed E-state index contributed by atoms with van der Waals surface area (Å²) in [5.74, 6) is 0.676. The summed E-state index contributed by atoms with van der Waals surface area (Å²) < 4.78 is 5.38. The Kier molecular flexibility index (Phi) is 4.16. The second kappa shape index (κ2) is 5.51. The number of amides is 1. The molecule has 0 bridgehead atoms. The van der Waals surface area contributed by atoms with E-state index >= 15 is 0 Å². The fourth-order valence-corrected chi connectivity index (χ4v) is 2.73. The van der Waals surface area contributed by atoms with Gasteiger partial charge in [0.25, 0.3) is 0 Å². The lowest BCUT2D eigenvalue weighted by Crippen LogP contribution is -2.46. The van der Waals surface area contributed by atoms with Crippen LogP contribution in [0, 0.1) is 11.8 Å². The first kappa shape index (κ1) is 14.4. The molecule has 19 heavy (non-hydrogen) atoms. The third-order valence-corrected chi connectivity index (χ3v) is 3.98. The highest BCUT2D eigenvalue weighted by molar-refractivity contribution is 5.85. The van der Waals surface area contributed by atoms with Crippen LogP contribution in [-0.2, 0) is 9.53 Å². The molecule has 2 aliphatic rings. The van der Waals surface area contributed by atoms with Crippen molar-refractivity contribution in [1.82, 2.24) is 4.90 Å². The summed E-state index contributed by atoms with van der Waals surface area (Å²) in [4.78, 5) is 26.0. The molecule has 1 atom stereocenters. The van der Waals surface area contributed by atoms with Gasteiger partial charge in [-0.15, -0.1) is 0 Å². The molecule has 0 spiro atoms. The molecule has 1 aliphatic heterocycles. The van der Waals surface area contributed by atoms with Crippen molar-refractivity contribution in [3.8, 4) is 0 Å². The topological polar surface area (TPSA) is 46.6 Å². The van der Waals surface area contributed by atoms with Crippen molar-refractivity contribution in [1.29, 1.82) is 0 Å². The first-order chi connectivity index (χ1) is 8.87. The lowest BCUT2D eigenvalue weighted by Gasteiger charge is -2.36. The van der Waals surface area contributed by atoms with E-state index in [9.17, 15) is 9.59 Å². The van der Waals surface area contributed by atoms with Crippen molar-refractivity contribution in [2.45, 2.75) is 58.5 Å². The van der Waals surface area contributed by atoms with Gasteiger partial charge in [0, 0.05) is 24.9 Å². The van der Waals surface area contributed by atoms with Gasteiger partial charge in [0.15, 0.2) is 0 Å². The maximum absolute atomic E-state index is 12.3. The molecule has 0 aromatic heterocycles. The summed E-state index contributed by atoms with van der Waals surface area (Å²) in [5, 5.41) is 0. The largest absolute Gasteiger partial charge is 0.444 e. The van der Waals surface area contributed by atoms with Crippen LogP contribution in [0.25, 0.3) is 0 Å². The maximum Gasteiger partial charge on any atom is 0.410 e. The molecule has 2 rings (SSSR count). The molecule has 0 aromatic carbocycles. The number of Topliss-reactive ketones (excluding diaryl/α,β-unsaturated/α-hetero) is 1. The molecular formula is C15H25NO3. The van der Waals surface area contributed by atoms with Crippen molar-refractivity contribution >= 4 is 11.9 Å². The minimum Gasteiger partial charge on any atom is -0.444 e. The van der Waals surface area contributed by atoms with Gasteiger partial charge in [-0.3, -0.25) is 4.79 Å². The zero-order chi connectivity index (χ0) is 14.0. The lowest BCUT2D eigenvalue weighted by atomic mass is 9.76. The number of nitrogens with zero attached hydrogens (tertiary/aromatic N) is 1. The molecule has 1 amide bonds. The fourth-order valence-electron chi connectivity index (χ4n) is 2.73. The molecule has 1 unspecified atom stereocenters. The Morgan fingerprint density at radius 1 is 1.05 bits per heavy atom. The number of hydrogen-bond acceptors (Lipinski definition) is 3. The molecule has 1 heterocycles. The van der Waals surface area contributed by atoms with E-state index in [1.165, 1.54) is 6.42 Å². The number of hydrogen-bond donors (Lipinski definition) is 0. The second-order valence-corrected chi connectivity index (χ2v) is 6.80. The fraction of sp³-hybridized carbons (Fsp3) is 0.867. The summed E-state index contributed by atoms with van der Waals surface area (Å²) >= 11 is 0. The Labute approximate surface area is 115 Å². The van der Waals surface area contributed by atoms with Crippen LogP contribution in [0.4, 0.5) is 4.79 Å². The summed E-state index contributed by atoms with van der Waals surface area (Å²) in [7, 11) is 0. The van der Waals surface area contributed by atoms with Gasteiger partial charge >= 0.3 is 6.09 Å². The van der Waals surface area contributed by atoms with Gasteiger partial charge in [-0.25, -0.2) is 4.79 Å². The predicted octanol–water partition coefficient (Wildman–Crippen LogP) is 3.00. The first-order valence-corrected chi connectivity index (χ1v) is 7.38. The Morgan fingerprint density at radius 2 is 1.68 bits per heavy atom. The monoisotopic (exact) mass is 267 g/mol. The number of carbonyl (C=O) groups excluding carboxylic acids is 2. The van der Waals surface area contributed by atoms with Gasteiger partial charge in [0.05, 0.1) is 0 Å². The second-order valence-electron chi connectivity index (χ2n) is 6.80. The van der Waals surface area contributed by atoms with E-state index in [1.54, 1.807) is 4.90 Å². The van der Waals surface area contributed by atoms with E-state index in [1.807, 2.05) is 20.8 Å². The van der Waals surface area contributed by atoms with Crippen molar-refractivity contribution < 1.29 is 14.3 Å². The number of carbonyl (C=O) groups is 2. The van der Waals surface area contributed by atoms with E-state index < -0.39 is 5.60 Å². The van der Waals surface area contributed by atoms with Crippen LogP contribution in [0.5, 0.6) is 0 Å². The molecule has 0 N–H and O–H groups in total. The molecule has 0 aromatic rings. The van der Waals surface area contributed by atoms with Crippen LogP contribution in [-0.4, -0.2) is 35.5 Å². The third-order valence-electron chi connectivity index (χ3n) is 3.98. The number of ether oxygens (including phenoxy) is 1. The summed E-state index contributed by atoms with van der Waals surface area (Å²) in [5.41, 5.74) is -0.470. The van der Waals surface area contributed by atoms with Crippen LogP contribution in [0.3, 0.4) is 0 Å².